The molecule has 2 rings (SSSR count). The Morgan fingerprint density at radius 2 is 1.78 bits per heavy atom. The predicted molar refractivity (Wildman–Crippen MR) is 104 cm³/mol. The average Bonchev–Trinajstić information content (AvgIpc) is 2.64. The third-order valence-corrected chi connectivity index (χ3v) is 4.94. The molecule has 1 aliphatic carbocycles. The van der Waals surface area contributed by atoms with Gasteiger partial charge in [0, 0.05) is 12.0 Å². The molecule has 1 saturated carbocycles. The number of aliphatic hydroxyl groups is 1. The predicted octanol–water partition coefficient (Wildman–Crippen LogP) is 3.31. The summed E-state index contributed by atoms with van der Waals surface area (Å²) in [6.07, 6.45) is 4.46. The van der Waals surface area contributed by atoms with Crippen LogP contribution >= 0.6 is 0 Å². The van der Waals surface area contributed by atoms with Crippen LogP contribution in [0.15, 0.2) is 30.3 Å². The molecule has 0 bridgehead atoms. The van der Waals surface area contributed by atoms with E-state index in [-0.39, 0.29) is 17.9 Å². The molecule has 150 valence electrons. The van der Waals surface area contributed by atoms with Gasteiger partial charge in [-0.1, -0.05) is 49.6 Å². The molecule has 0 heterocycles. The summed E-state index contributed by atoms with van der Waals surface area (Å²) >= 11 is 0. The number of rotatable bonds is 6. The van der Waals surface area contributed by atoms with Crippen LogP contribution in [0.5, 0.6) is 0 Å². The molecule has 1 aromatic carbocycles. The lowest BCUT2D eigenvalue weighted by Crippen LogP contribution is -2.47. The maximum Gasteiger partial charge on any atom is 0.408 e. The van der Waals surface area contributed by atoms with E-state index in [9.17, 15) is 14.7 Å². The number of benzene rings is 1. The topological polar surface area (TPSA) is 87.7 Å². The molecule has 6 nitrogen and oxygen atoms in total. The maximum absolute atomic E-state index is 12.9. The summed E-state index contributed by atoms with van der Waals surface area (Å²) in [5.41, 5.74) is -0.228. The van der Waals surface area contributed by atoms with Gasteiger partial charge in [-0.05, 0) is 39.2 Å². The van der Waals surface area contributed by atoms with Crippen molar-refractivity contribution < 1.29 is 19.4 Å². The van der Waals surface area contributed by atoms with Gasteiger partial charge < -0.3 is 20.5 Å². The van der Waals surface area contributed by atoms with Gasteiger partial charge in [-0.3, -0.25) is 4.79 Å². The number of ether oxygens (including phenoxy) is 1. The first-order chi connectivity index (χ1) is 12.7. The number of amides is 2. The fraction of sp³-hybridized carbons (Fsp3) is 0.619. The standard InChI is InChI=1S/C21H32N2O4/c1-20(2,3)27-19(26)23-17(16-10-6-4-7-11-16)18(25)22-14-21(15-24)12-8-5-9-13-21/h4,6-7,10-11,17,24H,5,8-9,12-15H2,1-3H3,(H,22,25)(H,23,26). The Hall–Kier alpha value is -2.08. The van der Waals surface area contributed by atoms with Crippen molar-refractivity contribution in [2.75, 3.05) is 13.2 Å². The number of carbonyl (C=O) groups excluding carboxylic acids is 2. The molecule has 0 aromatic heterocycles. The van der Waals surface area contributed by atoms with E-state index >= 15 is 0 Å². The summed E-state index contributed by atoms with van der Waals surface area (Å²) in [7, 11) is 0. The largest absolute Gasteiger partial charge is 0.444 e. The third-order valence-electron chi connectivity index (χ3n) is 4.94. The van der Waals surface area contributed by atoms with Crippen LogP contribution in [0, 0.1) is 5.41 Å². The van der Waals surface area contributed by atoms with Crippen molar-refractivity contribution in [3.63, 3.8) is 0 Å². The van der Waals surface area contributed by atoms with Crippen LogP contribution in [-0.2, 0) is 9.53 Å². The summed E-state index contributed by atoms with van der Waals surface area (Å²) in [6.45, 7) is 5.79. The number of carbonyl (C=O) groups is 2. The average molecular weight is 376 g/mol. The Labute approximate surface area is 161 Å². The fourth-order valence-electron chi connectivity index (χ4n) is 3.44. The highest BCUT2D eigenvalue weighted by atomic mass is 16.6. The smallest absolute Gasteiger partial charge is 0.408 e. The van der Waals surface area contributed by atoms with Crippen LogP contribution in [0.4, 0.5) is 4.79 Å². The summed E-state index contributed by atoms with van der Waals surface area (Å²) in [4.78, 5) is 25.1. The van der Waals surface area contributed by atoms with Crippen LogP contribution in [0.3, 0.4) is 0 Å². The lowest BCUT2D eigenvalue weighted by Gasteiger charge is -2.36. The van der Waals surface area contributed by atoms with Gasteiger partial charge in [0.2, 0.25) is 5.91 Å². The molecule has 0 spiro atoms. The molecular formula is C21H32N2O4. The van der Waals surface area contributed by atoms with Crippen molar-refractivity contribution in [2.24, 2.45) is 5.41 Å². The molecule has 1 unspecified atom stereocenters. The van der Waals surface area contributed by atoms with Gasteiger partial charge in [0.15, 0.2) is 0 Å². The van der Waals surface area contributed by atoms with E-state index in [2.05, 4.69) is 10.6 Å². The highest BCUT2D eigenvalue weighted by molar-refractivity contribution is 5.87. The van der Waals surface area contributed by atoms with E-state index in [1.54, 1.807) is 32.9 Å². The first-order valence-electron chi connectivity index (χ1n) is 9.68. The van der Waals surface area contributed by atoms with Gasteiger partial charge in [0.05, 0.1) is 6.61 Å². The minimum atomic E-state index is -0.847. The summed E-state index contributed by atoms with van der Waals surface area (Å²) in [6, 6.07) is 8.24. The second-order valence-corrected chi connectivity index (χ2v) is 8.43. The molecule has 1 atom stereocenters. The molecule has 1 aromatic rings. The van der Waals surface area contributed by atoms with Gasteiger partial charge in [-0.2, -0.15) is 0 Å². The normalized spacial score (nSPS) is 17.6. The van der Waals surface area contributed by atoms with Crippen LogP contribution in [0.2, 0.25) is 0 Å². The van der Waals surface area contributed by atoms with Gasteiger partial charge in [0.25, 0.3) is 0 Å². The van der Waals surface area contributed by atoms with Crippen molar-refractivity contribution in [1.82, 2.24) is 10.6 Å². The van der Waals surface area contributed by atoms with Crippen molar-refractivity contribution in [2.45, 2.75) is 64.5 Å². The third kappa shape index (κ3) is 6.54. The van der Waals surface area contributed by atoms with Crippen LogP contribution in [-0.4, -0.2) is 35.9 Å². The zero-order chi connectivity index (χ0) is 19.9. The van der Waals surface area contributed by atoms with Gasteiger partial charge in [-0.25, -0.2) is 4.79 Å². The number of hydrogen-bond donors (Lipinski definition) is 3. The van der Waals surface area contributed by atoms with E-state index < -0.39 is 17.7 Å². The molecule has 1 fully saturated rings. The monoisotopic (exact) mass is 376 g/mol. The quantitative estimate of drug-likeness (QED) is 0.711. The molecule has 0 saturated heterocycles. The van der Waals surface area contributed by atoms with Gasteiger partial charge in [0.1, 0.15) is 11.6 Å². The van der Waals surface area contributed by atoms with E-state index in [4.69, 9.17) is 4.74 Å². The van der Waals surface area contributed by atoms with Crippen molar-refractivity contribution >= 4 is 12.0 Å². The van der Waals surface area contributed by atoms with E-state index in [0.29, 0.717) is 12.1 Å². The fourth-order valence-corrected chi connectivity index (χ4v) is 3.44. The minimum absolute atomic E-state index is 0.0583. The van der Waals surface area contributed by atoms with Crippen LogP contribution < -0.4 is 10.6 Å². The van der Waals surface area contributed by atoms with E-state index in [1.165, 1.54) is 6.42 Å². The molecule has 2 amide bonds. The van der Waals surface area contributed by atoms with Crippen LogP contribution in [0.1, 0.15) is 64.5 Å². The molecule has 3 N–H and O–H groups in total. The first kappa shape index (κ1) is 21.2. The zero-order valence-corrected chi connectivity index (χ0v) is 16.6. The first-order valence-corrected chi connectivity index (χ1v) is 9.68. The number of nitrogens with one attached hydrogen (secondary N) is 2. The highest BCUT2D eigenvalue weighted by Gasteiger charge is 2.33. The van der Waals surface area contributed by atoms with Crippen LogP contribution in [0.25, 0.3) is 0 Å². The van der Waals surface area contributed by atoms with Crippen molar-refractivity contribution in [3.05, 3.63) is 35.9 Å². The second kappa shape index (κ2) is 9.22. The minimum Gasteiger partial charge on any atom is -0.444 e. The molecular weight excluding hydrogens is 344 g/mol. The number of aliphatic hydroxyl groups excluding tert-OH is 1. The Balaban J connectivity index is 2.08. The molecule has 0 radical (unpaired) electrons. The maximum atomic E-state index is 12.9. The Kier molecular flexibility index (Phi) is 7.25. The molecule has 6 heteroatoms. The summed E-state index contributed by atoms with van der Waals surface area (Å²) in [5.74, 6) is -0.301. The van der Waals surface area contributed by atoms with Crippen molar-refractivity contribution in [3.8, 4) is 0 Å². The van der Waals surface area contributed by atoms with E-state index in [0.717, 1.165) is 25.7 Å². The highest BCUT2D eigenvalue weighted by Crippen LogP contribution is 2.35. The van der Waals surface area contributed by atoms with Gasteiger partial charge in [-0.15, -0.1) is 0 Å². The Morgan fingerprint density at radius 1 is 1.15 bits per heavy atom. The zero-order valence-electron chi connectivity index (χ0n) is 16.6. The Morgan fingerprint density at radius 3 is 2.33 bits per heavy atom. The molecule has 27 heavy (non-hydrogen) atoms. The lowest BCUT2D eigenvalue weighted by atomic mass is 9.74. The lowest BCUT2D eigenvalue weighted by molar-refractivity contribution is -0.124. The van der Waals surface area contributed by atoms with E-state index in [1.807, 2.05) is 18.2 Å². The number of alkyl carbamates (subject to hydrolysis) is 1. The number of hydrogen-bond acceptors (Lipinski definition) is 4. The summed E-state index contributed by atoms with van der Waals surface area (Å²) < 4.78 is 5.31. The van der Waals surface area contributed by atoms with Crippen molar-refractivity contribution in [1.29, 1.82) is 0 Å². The summed E-state index contributed by atoms with van der Waals surface area (Å²) in [5, 5.41) is 15.5. The SMILES string of the molecule is CC(C)(C)OC(=O)NC(C(=O)NCC1(CO)CCCCC1)c1ccccc1. The second-order valence-electron chi connectivity index (χ2n) is 8.43. The Bertz CT molecular complexity index is 619. The van der Waals surface area contributed by atoms with Gasteiger partial charge >= 0.3 is 6.09 Å². The molecule has 0 aliphatic heterocycles. The molecule has 1 aliphatic rings.